The maximum atomic E-state index is 4.91. The van der Waals surface area contributed by atoms with Crippen LogP contribution in [0.2, 0.25) is 0 Å². The number of methoxy groups -OCH3 is 1. The molecule has 0 saturated carbocycles. The smallest absolute Gasteiger partial charge is 0.205 e. The molecule has 0 fully saturated rings. The van der Waals surface area contributed by atoms with E-state index in [0.717, 1.165) is 36.4 Å². The molecule has 0 aliphatic heterocycles. The van der Waals surface area contributed by atoms with Gasteiger partial charge in [-0.1, -0.05) is 11.3 Å². The molecule has 0 spiro atoms. The lowest BCUT2D eigenvalue weighted by Gasteiger charge is -2.03. The minimum absolute atomic E-state index is 0.748. The van der Waals surface area contributed by atoms with Gasteiger partial charge in [-0.05, 0) is 6.92 Å². The van der Waals surface area contributed by atoms with Crippen LogP contribution in [0, 0.1) is 6.92 Å². The molecule has 0 bridgehead atoms. The van der Waals surface area contributed by atoms with E-state index in [-0.39, 0.29) is 0 Å². The molecule has 2 N–H and O–H groups in total. The Morgan fingerprint density at radius 1 is 1.29 bits per heavy atom. The van der Waals surface area contributed by atoms with Crippen LogP contribution in [-0.4, -0.2) is 43.5 Å². The summed E-state index contributed by atoms with van der Waals surface area (Å²) in [5, 5.41) is 16.2. The zero-order chi connectivity index (χ0) is 10.2. The molecule has 0 aliphatic rings. The van der Waals surface area contributed by atoms with Crippen molar-refractivity contribution in [2.75, 3.05) is 38.7 Å². The molecule has 0 aromatic carbocycles. The zero-order valence-electron chi connectivity index (χ0n) is 8.54. The van der Waals surface area contributed by atoms with Gasteiger partial charge in [-0.2, -0.15) is 0 Å². The van der Waals surface area contributed by atoms with Crippen LogP contribution in [0.15, 0.2) is 0 Å². The van der Waals surface area contributed by atoms with Gasteiger partial charge in [0.15, 0.2) is 0 Å². The van der Waals surface area contributed by atoms with Crippen molar-refractivity contribution < 1.29 is 4.74 Å². The molecule has 5 nitrogen and oxygen atoms in total. The summed E-state index contributed by atoms with van der Waals surface area (Å²) in [6.07, 6.45) is 0. The topological polar surface area (TPSA) is 59.1 Å². The highest BCUT2D eigenvalue weighted by atomic mass is 32.1. The molecular formula is C8H16N4OS. The van der Waals surface area contributed by atoms with Gasteiger partial charge in [-0.3, -0.25) is 0 Å². The first-order chi connectivity index (χ1) is 6.83. The van der Waals surface area contributed by atoms with E-state index in [0.29, 0.717) is 0 Å². The lowest BCUT2D eigenvalue weighted by Crippen LogP contribution is -2.25. The lowest BCUT2D eigenvalue weighted by molar-refractivity contribution is 0.200. The fraction of sp³-hybridized carbons (Fsp3) is 0.750. The summed E-state index contributed by atoms with van der Waals surface area (Å²) in [4.78, 5) is 0. The van der Waals surface area contributed by atoms with Crippen LogP contribution in [0.5, 0.6) is 0 Å². The Morgan fingerprint density at radius 2 is 2.14 bits per heavy atom. The highest BCUT2D eigenvalue weighted by Crippen LogP contribution is 2.12. The van der Waals surface area contributed by atoms with Gasteiger partial charge in [0.2, 0.25) is 5.13 Å². The van der Waals surface area contributed by atoms with E-state index in [4.69, 9.17) is 4.74 Å². The summed E-state index contributed by atoms with van der Waals surface area (Å²) in [7, 11) is 1.70. The van der Waals surface area contributed by atoms with Crippen molar-refractivity contribution in [3.63, 3.8) is 0 Å². The van der Waals surface area contributed by atoms with Crippen LogP contribution in [0.3, 0.4) is 0 Å². The first-order valence-electron chi connectivity index (χ1n) is 4.56. The maximum absolute atomic E-state index is 4.91. The number of hydrogen-bond acceptors (Lipinski definition) is 6. The molecule has 1 heterocycles. The van der Waals surface area contributed by atoms with Crippen molar-refractivity contribution in [3.8, 4) is 0 Å². The number of aromatic nitrogens is 2. The average Bonchev–Trinajstić information content (AvgIpc) is 2.58. The van der Waals surface area contributed by atoms with E-state index < -0.39 is 0 Å². The molecule has 0 saturated heterocycles. The summed E-state index contributed by atoms with van der Waals surface area (Å²) in [6, 6.07) is 0. The first kappa shape index (κ1) is 11.4. The average molecular weight is 216 g/mol. The van der Waals surface area contributed by atoms with E-state index in [9.17, 15) is 0 Å². The second-order valence-electron chi connectivity index (χ2n) is 2.80. The first-order valence-corrected chi connectivity index (χ1v) is 5.38. The van der Waals surface area contributed by atoms with Gasteiger partial charge in [0.25, 0.3) is 0 Å². The summed E-state index contributed by atoms with van der Waals surface area (Å²) in [5.41, 5.74) is 0. The van der Waals surface area contributed by atoms with Crippen LogP contribution in [0.25, 0.3) is 0 Å². The van der Waals surface area contributed by atoms with Crippen LogP contribution >= 0.6 is 11.3 Å². The molecule has 6 heteroatoms. The van der Waals surface area contributed by atoms with Gasteiger partial charge in [-0.15, -0.1) is 10.2 Å². The third-order valence-corrected chi connectivity index (χ3v) is 2.38. The molecule has 0 aliphatic carbocycles. The van der Waals surface area contributed by atoms with E-state index in [1.165, 1.54) is 0 Å². The molecule has 1 rings (SSSR count). The van der Waals surface area contributed by atoms with Crippen LogP contribution in [0.4, 0.5) is 5.13 Å². The van der Waals surface area contributed by atoms with Crippen LogP contribution in [0.1, 0.15) is 5.01 Å². The summed E-state index contributed by atoms with van der Waals surface area (Å²) >= 11 is 1.57. The second kappa shape index (κ2) is 6.69. The SMILES string of the molecule is COCCNCCNc1nnc(C)s1. The van der Waals surface area contributed by atoms with Gasteiger partial charge in [-0.25, -0.2) is 0 Å². The Balaban J connectivity index is 1.99. The molecule has 80 valence electrons. The quantitative estimate of drug-likeness (QED) is 0.650. The Kier molecular flexibility index (Phi) is 5.43. The number of anilines is 1. The molecule has 14 heavy (non-hydrogen) atoms. The fourth-order valence-electron chi connectivity index (χ4n) is 0.925. The maximum Gasteiger partial charge on any atom is 0.205 e. The predicted octanol–water partition coefficient (Wildman–Crippen LogP) is 0.494. The normalized spacial score (nSPS) is 10.4. The van der Waals surface area contributed by atoms with Crippen LogP contribution < -0.4 is 10.6 Å². The number of ether oxygens (including phenoxy) is 1. The second-order valence-corrected chi connectivity index (χ2v) is 3.98. The minimum atomic E-state index is 0.748. The van der Waals surface area contributed by atoms with Gasteiger partial charge >= 0.3 is 0 Å². The van der Waals surface area contributed by atoms with Crippen molar-refractivity contribution in [2.24, 2.45) is 0 Å². The number of aryl methyl sites for hydroxylation is 1. The van der Waals surface area contributed by atoms with Crippen molar-refractivity contribution in [1.29, 1.82) is 0 Å². The number of nitrogens with one attached hydrogen (secondary N) is 2. The Bertz CT molecular complexity index is 253. The minimum Gasteiger partial charge on any atom is -0.383 e. The number of rotatable bonds is 7. The van der Waals surface area contributed by atoms with Gasteiger partial charge < -0.3 is 15.4 Å². The molecule has 1 aromatic rings. The molecule has 1 aromatic heterocycles. The van der Waals surface area contributed by atoms with Gasteiger partial charge in [0.1, 0.15) is 5.01 Å². The molecule has 0 radical (unpaired) electrons. The van der Waals surface area contributed by atoms with Crippen molar-refractivity contribution in [2.45, 2.75) is 6.92 Å². The Morgan fingerprint density at radius 3 is 2.79 bits per heavy atom. The van der Waals surface area contributed by atoms with E-state index in [1.807, 2.05) is 6.92 Å². The van der Waals surface area contributed by atoms with Crippen LogP contribution in [-0.2, 0) is 4.74 Å². The third-order valence-electron chi connectivity index (χ3n) is 1.59. The van der Waals surface area contributed by atoms with Crippen molar-refractivity contribution in [3.05, 3.63) is 5.01 Å². The summed E-state index contributed by atoms with van der Waals surface area (Å²) in [6.45, 7) is 5.34. The van der Waals surface area contributed by atoms with Gasteiger partial charge in [0.05, 0.1) is 6.61 Å². The number of hydrogen-bond donors (Lipinski definition) is 2. The fourth-order valence-corrected chi connectivity index (χ4v) is 1.54. The van der Waals surface area contributed by atoms with E-state index in [2.05, 4.69) is 20.8 Å². The zero-order valence-corrected chi connectivity index (χ0v) is 9.36. The highest BCUT2D eigenvalue weighted by molar-refractivity contribution is 7.15. The Labute approximate surface area is 87.9 Å². The monoisotopic (exact) mass is 216 g/mol. The van der Waals surface area contributed by atoms with E-state index in [1.54, 1.807) is 18.4 Å². The number of nitrogens with zero attached hydrogens (tertiary/aromatic N) is 2. The molecule has 0 atom stereocenters. The summed E-state index contributed by atoms with van der Waals surface area (Å²) < 4.78 is 4.91. The largest absolute Gasteiger partial charge is 0.383 e. The molecule has 0 amide bonds. The molecule has 0 unspecified atom stereocenters. The summed E-state index contributed by atoms with van der Waals surface area (Å²) in [5.74, 6) is 0. The molecular weight excluding hydrogens is 200 g/mol. The van der Waals surface area contributed by atoms with Gasteiger partial charge in [0, 0.05) is 26.7 Å². The van der Waals surface area contributed by atoms with Crippen molar-refractivity contribution in [1.82, 2.24) is 15.5 Å². The highest BCUT2D eigenvalue weighted by Gasteiger charge is 1.97. The standard InChI is InChI=1S/C8H16N4OS/c1-7-11-12-8(14-7)10-4-3-9-5-6-13-2/h9H,3-6H2,1-2H3,(H,10,12). The Hall–Kier alpha value is -0.720. The lowest BCUT2D eigenvalue weighted by atomic mass is 10.6. The van der Waals surface area contributed by atoms with Crippen molar-refractivity contribution >= 4 is 16.5 Å². The predicted molar refractivity (Wildman–Crippen MR) is 57.9 cm³/mol. The third kappa shape index (κ3) is 4.50. The van der Waals surface area contributed by atoms with E-state index >= 15 is 0 Å².